The lowest BCUT2D eigenvalue weighted by atomic mass is 9.90. The number of aromatic nitrogens is 1. The van der Waals surface area contributed by atoms with Gasteiger partial charge in [-0.15, -0.1) is 0 Å². The maximum atomic E-state index is 12.9. The second kappa shape index (κ2) is 9.43. The fourth-order valence-electron chi connectivity index (χ4n) is 4.35. The molecule has 2 aromatic carbocycles. The van der Waals surface area contributed by atoms with Gasteiger partial charge in [0.15, 0.2) is 0 Å². The summed E-state index contributed by atoms with van der Waals surface area (Å²) in [6.07, 6.45) is 4.18. The van der Waals surface area contributed by atoms with Crippen molar-refractivity contribution in [2.45, 2.75) is 18.8 Å². The van der Waals surface area contributed by atoms with Crippen molar-refractivity contribution in [2.75, 3.05) is 25.9 Å². The summed E-state index contributed by atoms with van der Waals surface area (Å²) in [6.45, 7) is 1.10. The molecule has 1 amide bonds. The van der Waals surface area contributed by atoms with Crippen LogP contribution in [0.4, 0.5) is 0 Å². The number of halogens is 2. The van der Waals surface area contributed by atoms with Gasteiger partial charge in [-0.2, -0.15) is 0 Å². The Hall–Kier alpha value is -2.06. The number of carbonyl (C=O) groups excluding carboxylic acids is 1. The Labute approximate surface area is 197 Å². The predicted octanol–water partition coefficient (Wildman–Crippen LogP) is 4.39. The molecule has 0 aliphatic carbocycles. The Morgan fingerprint density at radius 2 is 1.88 bits per heavy atom. The molecule has 0 spiro atoms. The molecule has 6 nitrogen and oxygen atoms in total. The number of hydrogen-bond donors (Lipinski definition) is 2. The van der Waals surface area contributed by atoms with E-state index in [9.17, 15) is 13.2 Å². The smallest absolute Gasteiger partial charge is 0.223 e. The molecular formula is C23H25Cl2N3O3S. The zero-order valence-electron chi connectivity index (χ0n) is 17.6. The third kappa shape index (κ3) is 4.96. The molecule has 0 saturated carbocycles. The Morgan fingerprint density at radius 1 is 1.16 bits per heavy atom. The number of benzene rings is 2. The van der Waals surface area contributed by atoms with Crippen molar-refractivity contribution >= 4 is 50.0 Å². The molecule has 1 saturated heterocycles. The van der Waals surface area contributed by atoms with Gasteiger partial charge in [-0.1, -0.05) is 47.5 Å². The SMILES string of the molecule is CS(=O)(=O)N1CCC(C(=O)NCC(c2ccc(Cl)cc2Cl)c2c[nH]c3ccccc23)CC1. The Morgan fingerprint density at radius 3 is 2.56 bits per heavy atom. The highest BCUT2D eigenvalue weighted by molar-refractivity contribution is 7.88. The van der Waals surface area contributed by atoms with Crippen LogP contribution >= 0.6 is 23.2 Å². The number of aromatic amines is 1. The van der Waals surface area contributed by atoms with Crippen LogP contribution in [0.1, 0.15) is 29.9 Å². The van der Waals surface area contributed by atoms with E-state index >= 15 is 0 Å². The Balaban J connectivity index is 1.55. The number of para-hydroxylation sites is 1. The van der Waals surface area contributed by atoms with E-state index in [0.717, 1.165) is 22.0 Å². The predicted molar refractivity (Wildman–Crippen MR) is 129 cm³/mol. The lowest BCUT2D eigenvalue weighted by Crippen LogP contribution is -2.43. The summed E-state index contributed by atoms with van der Waals surface area (Å²) >= 11 is 12.7. The van der Waals surface area contributed by atoms with E-state index in [2.05, 4.69) is 10.3 Å². The van der Waals surface area contributed by atoms with E-state index in [-0.39, 0.29) is 17.7 Å². The van der Waals surface area contributed by atoms with Crippen molar-refractivity contribution < 1.29 is 13.2 Å². The minimum atomic E-state index is -3.22. The molecule has 4 rings (SSSR count). The second-order valence-electron chi connectivity index (χ2n) is 8.19. The van der Waals surface area contributed by atoms with Gasteiger partial charge < -0.3 is 10.3 Å². The quantitative estimate of drug-likeness (QED) is 0.533. The number of rotatable bonds is 6. The number of carbonyl (C=O) groups is 1. The summed E-state index contributed by atoms with van der Waals surface area (Å²) in [4.78, 5) is 16.2. The molecule has 2 N–H and O–H groups in total. The fraction of sp³-hybridized carbons (Fsp3) is 0.348. The zero-order valence-corrected chi connectivity index (χ0v) is 20.0. The van der Waals surface area contributed by atoms with Crippen LogP contribution in [-0.4, -0.2) is 49.5 Å². The molecule has 1 aliphatic rings. The number of nitrogens with one attached hydrogen (secondary N) is 2. The first-order chi connectivity index (χ1) is 15.2. The highest BCUT2D eigenvalue weighted by atomic mass is 35.5. The first-order valence-electron chi connectivity index (χ1n) is 10.5. The minimum Gasteiger partial charge on any atom is -0.361 e. The third-order valence-electron chi connectivity index (χ3n) is 6.11. The molecular weight excluding hydrogens is 469 g/mol. The van der Waals surface area contributed by atoms with Crippen LogP contribution in [-0.2, 0) is 14.8 Å². The van der Waals surface area contributed by atoms with E-state index < -0.39 is 10.0 Å². The van der Waals surface area contributed by atoms with Crippen molar-refractivity contribution in [2.24, 2.45) is 5.92 Å². The number of piperidine rings is 1. The van der Waals surface area contributed by atoms with Crippen molar-refractivity contribution in [3.05, 3.63) is 69.8 Å². The van der Waals surface area contributed by atoms with Gasteiger partial charge in [0, 0.05) is 58.6 Å². The number of hydrogen-bond acceptors (Lipinski definition) is 3. The molecule has 1 aliphatic heterocycles. The van der Waals surface area contributed by atoms with E-state index in [4.69, 9.17) is 23.2 Å². The maximum Gasteiger partial charge on any atom is 0.223 e. The number of amides is 1. The summed E-state index contributed by atoms with van der Waals surface area (Å²) in [5.74, 6) is -0.443. The third-order valence-corrected chi connectivity index (χ3v) is 7.97. The monoisotopic (exact) mass is 493 g/mol. The van der Waals surface area contributed by atoms with Crippen LogP contribution < -0.4 is 5.32 Å². The normalized spacial score (nSPS) is 16.8. The summed E-state index contributed by atoms with van der Waals surface area (Å²) in [6, 6.07) is 13.4. The van der Waals surface area contributed by atoms with Gasteiger partial charge in [-0.25, -0.2) is 12.7 Å². The van der Waals surface area contributed by atoms with Gasteiger partial charge in [0.25, 0.3) is 0 Å². The molecule has 32 heavy (non-hydrogen) atoms. The van der Waals surface area contributed by atoms with E-state index in [1.807, 2.05) is 36.5 Å². The van der Waals surface area contributed by atoms with Gasteiger partial charge in [0.2, 0.25) is 15.9 Å². The average molecular weight is 494 g/mol. The zero-order chi connectivity index (χ0) is 22.9. The average Bonchev–Trinajstić information content (AvgIpc) is 3.18. The van der Waals surface area contributed by atoms with Crippen LogP contribution in [0.2, 0.25) is 10.0 Å². The summed E-state index contributed by atoms with van der Waals surface area (Å²) < 4.78 is 24.9. The highest BCUT2D eigenvalue weighted by Gasteiger charge is 2.30. The van der Waals surface area contributed by atoms with E-state index in [0.29, 0.717) is 42.5 Å². The maximum absolute atomic E-state index is 12.9. The Kier molecular flexibility index (Phi) is 6.81. The van der Waals surface area contributed by atoms with Crippen LogP contribution in [0.15, 0.2) is 48.7 Å². The van der Waals surface area contributed by atoms with Gasteiger partial charge in [0.05, 0.1) is 6.26 Å². The van der Waals surface area contributed by atoms with Crippen molar-refractivity contribution in [1.82, 2.24) is 14.6 Å². The van der Waals surface area contributed by atoms with Crippen LogP contribution in [0, 0.1) is 5.92 Å². The first-order valence-corrected chi connectivity index (χ1v) is 13.1. The molecule has 3 aromatic rings. The van der Waals surface area contributed by atoms with Crippen molar-refractivity contribution in [1.29, 1.82) is 0 Å². The lowest BCUT2D eigenvalue weighted by Gasteiger charge is -2.30. The Bertz CT molecular complexity index is 1230. The second-order valence-corrected chi connectivity index (χ2v) is 11.0. The van der Waals surface area contributed by atoms with Gasteiger partial charge >= 0.3 is 0 Å². The standard InChI is InChI=1S/C23H25Cl2N3O3S/c1-32(30,31)28-10-8-15(9-11-28)23(29)27-14-19(17-7-6-16(24)12-21(17)25)20-13-26-22-5-3-2-4-18(20)22/h2-7,12-13,15,19,26H,8-11,14H2,1H3,(H,27,29). The molecule has 0 bridgehead atoms. The summed E-state index contributed by atoms with van der Waals surface area (Å²) in [5.41, 5.74) is 2.93. The first kappa shape index (κ1) is 23.1. The molecule has 2 heterocycles. The van der Waals surface area contributed by atoms with Crippen LogP contribution in [0.3, 0.4) is 0 Å². The molecule has 1 aromatic heterocycles. The van der Waals surface area contributed by atoms with Crippen LogP contribution in [0.25, 0.3) is 10.9 Å². The van der Waals surface area contributed by atoms with E-state index in [1.165, 1.54) is 10.6 Å². The number of sulfonamides is 1. The van der Waals surface area contributed by atoms with Crippen LogP contribution in [0.5, 0.6) is 0 Å². The molecule has 0 radical (unpaired) electrons. The minimum absolute atomic E-state index is 0.0620. The molecule has 1 atom stereocenters. The number of H-pyrrole nitrogens is 1. The molecule has 9 heteroatoms. The van der Waals surface area contributed by atoms with Gasteiger partial charge in [-0.3, -0.25) is 4.79 Å². The van der Waals surface area contributed by atoms with Crippen molar-refractivity contribution in [3.63, 3.8) is 0 Å². The largest absolute Gasteiger partial charge is 0.361 e. The number of fused-ring (bicyclic) bond motifs is 1. The number of nitrogens with zero attached hydrogens (tertiary/aromatic N) is 1. The molecule has 1 unspecified atom stereocenters. The van der Waals surface area contributed by atoms with E-state index in [1.54, 1.807) is 12.1 Å². The molecule has 170 valence electrons. The topological polar surface area (TPSA) is 82.3 Å². The van der Waals surface area contributed by atoms with Crippen molar-refractivity contribution in [3.8, 4) is 0 Å². The summed E-state index contributed by atoms with van der Waals surface area (Å²) in [7, 11) is -3.22. The summed E-state index contributed by atoms with van der Waals surface area (Å²) in [5, 5.41) is 5.25. The van der Waals surface area contributed by atoms with Gasteiger partial charge in [0.1, 0.15) is 0 Å². The van der Waals surface area contributed by atoms with Gasteiger partial charge in [-0.05, 0) is 42.2 Å². The lowest BCUT2D eigenvalue weighted by molar-refractivity contribution is -0.126. The fourth-order valence-corrected chi connectivity index (χ4v) is 5.76. The molecule has 1 fully saturated rings. The highest BCUT2D eigenvalue weighted by Crippen LogP contribution is 2.35.